The van der Waals surface area contributed by atoms with Crippen LogP contribution in [0.25, 0.3) is 0 Å². The number of aromatic carboxylic acids is 1. The van der Waals surface area contributed by atoms with E-state index in [1.165, 1.54) is 28.6 Å². The van der Waals surface area contributed by atoms with E-state index in [2.05, 4.69) is 0 Å². The number of benzene rings is 1. The lowest BCUT2D eigenvalue weighted by molar-refractivity contribution is -0.138. The molecule has 1 aliphatic heterocycles. The highest BCUT2D eigenvalue weighted by molar-refractivity contribution is 7.89. The number of nitrogens with zero attached hydrogens (tertiary/aromatic N) is 1. The fourth-order valence-corrected chi connectivity index (χ4v) is 4.13. The summed E-state index contributed by atoms with van der Waals surface area (Å²) in [5, 5.41) is 17.7. The molecular formula is C14H17NO6S. The third-order valence-electron chi connectivity index (χ3n) is 3.68. The Bertz CT molecular complexity index is 667. The van der Waals surface area contributed by atoms with Gasteiger partial charge in [0.25, 0.3) is 0 Å². The Hall–Kier alpha value is -1.93. The summed E-state index contributed by atoms with van der Waals surface area (Å²) in [6.07, 6.45) is 1.25. The van der Waals surface area contributed by atoms with E-state index < -0.39 is 22.0 Å². The molecule has 22 heavy (non-hydrogen) atoms. The molecule has 1 aromatic rings. The molecule has 8 heteroatoms. The van der Waals surface area contributed by atoms with Crippen molar-refractivity contribution in [2.75, 3.05) is 13.1 Å². The Morgan fingerprint density at radius 2 is 1.82 bits per heavy atom. The molecule has 0 radical (unpaired) electrons. The highest BCUT2D eigenvalue weighted by atomic mass is 32.2. The Morgan fingerprint density at radius 1 is 1.18 bits per heavy atom. The van der Waals surface area contributed by atoms with Crippen molar-refractivity contribution >= 4 is 22.0 Å². The molecule has 1 aliphatic rings. The molecule has 1 aromatic carbocycles. The Morgan fingerprint density at radius 3 is 2.36 bits per heavy atom. The van der Waals surface area contributed by atoms with E-state index in [9.17, 15) is 18.0 Å². The Balaban J connectivity index is 2.18. The van der Waals surface area contributed by atoms with Crippen LogP contribution in [0, 0.1) is 5.92 Å². The van der Waals surface area contributed by atoms with Gasteiger partial charge in [0.2, 0.25) is 10.0 Å². The summed E-state index contributed by atoms with van der Waals surface area (Å²) in [7, 11) is -3.73. The smallest absolute Gasteiger partial charge is 0.335 e. The molecule has 0 aromatic heterocycles. The maximum atomic E-state index is 12.5. The van der Waals surface area contributed by atoms with Crippen LogP contribution in [0.4, 0.5) is 0 Å². The van der Waals surface area contributed by atoms with Crippen LogP contribution >= 0.6 is 0 Å². The molecule has 0 bridgehead atoms. The van der Waals surface area contributed by atoms with Gasteiger partial charge in [-0.3, -0.25) is 4.79 Å². The summed E-state index contributed by atoms with van der Waals surface area (Å²) in [5.74, 6) is -2.25. The van der Waals surface area contributed by atoms with E-state index in [-0.39, 0.29) is 29.3 Å². The topological polar surface area (TPSA) is 112 Å². The molecule has 2 N–H and O–H groups in total. The SMILES string of the molecule is O=C(O)C[C@@H]1CCCN(S(=O)(=O)c2ccc(C(=O)O)cc2)C1. The maximum Gasteiger partial charge on any atom is 0.335 e. The highest BCUT2D eigenvalue weighted by Crippen LogP contribution is 2.25. The van der Waals surface area contributed by atoms with Crippen LogP contribution < -0.4 is 0 Å². The quantitative estimate of drug-likeness (QED) is 0.842. The van der Waals surface area contributed by atoms with Crippen molar-refractivity contribution in [3.8, 4) is 0 Å². The molecular weight excluding hydrogens is 310 g/mol. The van der Waals surface area contributed by atoms with Gasteiger partial charge in [-0.2, -0.15) is 4.31 Å². The summed E-state index contributed by atoms with van der Waals surface area (Å²) in [5.41, 5.74) is 0.0151. The lowest BCUT2D eigenvalue weighted by Gasteiger charge is -2.31. The van der Waals surface area contributed by atoms with Gasteiger partial charge in [0.15, 0.2) is 0 Å². The van der Waals surface area contributed by atoms with Crippen molar-refractivity contribution in [1.82, 2.24) is 4.31 Å². The predicted octanol–water partition coefficient (Wildman–Crippen LogP) is 1.26. The normalized spacial score (nSPS) is 19.7. The molecule has 1 heterocycles. The van der Waals surface area contributed by atoms with Crippen LogP contribution in [0.5, 0.6) is 0 Å². The Labute approximate surface area is 128 Å². The summed E-state index contributed by atoms with van der Waals surface area (Å²) in [4.78, 5) is 21.6. The minimum absolute atomic E-state index is 0.0151. The maximum absolute atomic E-state index is 12.5. The zero-order valence-corrected chi connectivity index (χ0v) is 12.6. The number of carbonyl (C=O) groups is 2. The number of hydrogen-bond donors (Lipinski definition) is 2. The van der Waals surface area contributed by atoms with Gasteiger partial charge in [-0.15, -0.1) is 0 Å². The molecule has 0 saturated carbocycles. The van der Waals surface area contributed by atoms with Crippen LogP contribution in [0.3, 0.4) is 0 Å². The molecule has 0 spiro atoms. The van der Waals surface area contributed by atoms with Crippen molar-refractivity contribution < 1.29 is 28.2 Å². The van der Waals surface area contributed by atoms with Gasteiger partial charge in [-0.05, 0) is 43.0 Å². The monoisotopic (exact) mass is 327 g/mol. The van der Waals surface area contributed by atoms with Crippen molar-refractivity contribution in [2.45, 2.75) is 24.2 Å². The van der Waals surface area contributed by atoms with Gasteiger partial charge in [0.1, 0.15) is 0 Å². The molecule has 1 fully saturated rings. The lowest BCUT2D eigenvalue weighted by Crippen LogP contribution is -2.40. The van der Waals surface area contributed by atoms with Crippen LogP contribution in [-0.4, -0.2) is 48.0 Å². The molecule has 1 saturated heterocycles. The fourth-order valence-electron chi connectivity index (χ4n) is 2.58. The summed E-state index contributed by atoms with van der Waals surface area (Å²) < 4.78 is 26.3. The molecule has 0 unspecified atom stereocenters. The van der Waals surface area contributed by atoms with Gasteiger partial charge in [-0.25, -0.2) is 13.2 Å². The Kier molecular flexibility index (Phi) is 4.82. The van der Waals surface area contributed by atoms with Gasteiger partial charge in [0, 0.05) is 19.5 Å². The lowest BCUT2D eigenvalue weighted by atomic mass is 9.96. The van der Waals surface area contributed by atoms with Crippen molar-refractivity contribution in [3.63, 3.8) is 0 Å². The largest absolute Gasteiger partial charge is 0.481 e. The van der Waals surface area contributed by atoms with Crippen LogP contribution in [-0.2, 0) is 14.8 Å². The number of carboxylic acids is 2. The van der Waals surface area contributed by atoms with Crippen molar-refractivity contribution in [2.24, 2.45) is 5.92 Å². The number of carboxylic acid groups (broad SMARTS) is 2. The van der Waals surface area contributed by atoms with E-state index in [1.807, 2.05) is 0 Å². The fraction of sp³-hybridized carbons (Fsp3) is 0.429. The van der Waals surface area contributed by atoms with Gasteiger partial charge < -0.3 is 10.2 Å². The molecule has 2 rings (SSSR count). The van der Waals surface area contributed by atoms with E-state index >= 15 is 0 Å². The molecule has 0 aliphatic carbocycles. The van der Waals surface area contributed by atoms with Gasteiger partial charge in [-0.1, -0.05) is 0 Å². The van der Waals surface area contributed by atoms with Crippen LogP contribution in [0.1, 0.15) is 29.6 Å². The van der Waals surface area contributed by atoms with Gasteiger partial charge in [0.05, 0.1) is 10.5 Å². The second-order valence-electron chi connectivity index (χ2n) is 5.30. The standard InChI is InChI=1S/C14H17NO6S/c16-13(17)8-10-2-1-7-15(9-10)22(20,21)12-5-3-11(4-6-12)14(18)19/h3-6,10H,1-2,7-9H2,(H,16,17)(H,18,19)/t10-/m0/s1. The average Bonchev–Trinajstić information content (AvgIpc) is 2.47. The average molecular weight is 327 g/mol. The third kappa shape index (κ3) is 3.63. The minimum atomic E-state index is -3.73. The van der Waals surface area contributed by atoms with Crippen LogP contribution in [0.15, 0.2) is 29.2 Å². The van der Waals surface area contributed by atoms with Crippen molar-refractivity contribution in [3.05, 3.63) is 29.8 Å². The molecule has 7 nitrogen and oxygen atoms in total. The molecule has 0 amide bonds. The molecule has 1 atom stereocenters. The molecule has 120 valence electrons. The summed E-state index contributed by atoms with van der Waals surface area (Å²) >= 11 is 0. The van der Waals surface area contributed by atoms with E-state index in [1.54, 1.807) is 0 Å². The van der Waals surface area contributed by atoms with E-state index in [4.69, 9.17) is 10.2 Å². The first-order valence-corrected chi connectivity index (χ1v) is 8.30. The van der Waals surface area contributed by atoms with E-state index in [0.717, 1.165) is 0 Å². The second-order valence-corrected chi connectivity index (χ2v) is 7.24. The first-order chi connectivity index (χ1) is 10.3. The van der Waals surface area contributed by atoms with Crippen molar-refractivity contribution in [1.29, 1.82) is 0 Å². The second kappa shape index (κ2) is 6.45. The number of sulfonamides is 1. The zero-order chi connectivity index (χ0) is 16.3. The number of aliphatic carboxylic acids is 1. The summed E-state index contributed by atoms with van der Waals surface area (Å²) in [6, 6.07) is 5.01. The van der Waals surface area contributed by atoms with Gasteiger partial charge >= 0.3 is 11.9 Å². The number of hydrogen-bond acceptors (Lipinski definition) is 4. The predicted molar refractivity (Wildman–Crippen MR) is 77.1 cm³/mol. The number of rotatable bonds is 5. The number of piperidine rings is 1. The zero-order valence-electron chi connectivity index (χ0n) is 11.8. The first-order valence-electron chi connectivity index (χ1n) is 6.86. The first kappa shape index (κ1) is 16.4. The third-order valence-corrected chi connectivity index (χ3v) is 5.56. The summed E-state index contributed by atoms with van der Waals surface area (Å²) in [6.45, 7) is 0.522. The van der Waals surface area contributed by atoms with E-state index in [0.29, 0.717) is 19.4 Å². The minimum Gasteiger partial charge on any atom is -0.481 e. The van der Waals surface area contributed by atoms with Crippen LogP contribution in [0.2, 0.25) is 0 Å². The highest BCUT2D eigenvalue weighted by Gasteiger charge is 2.31.